The van der Waals surface area contributed by atoms with Gasteiger partial charge in [0, 0.05) is 12.3 Å². The number of halogens is 1. The molecule has 4 heteroatoms. The van der Waals surface area contributed by atoms with Crippen LogP contribution in [0.15, 0.2) is 24.3 Å². The lowest BCUT2D eigenvalue weighted by atomic mass is 9.82. The first-order chi connectivity index (χ1) is 10.1. The predicted octanol–water partition coefficient (Wildman–Crippen LogP) is 3.61. The monoisotopic (exact) mass is 292 g/mol. The van der Waals surface area contributed by atoms with Gasteiger partial charge in [-0.3, -0.25) is 9.59 Å². The van der Waals surface area contributed by atoms with E-state index in [0.29, 0.717) is 5.56 Å². The summed E-state index contributed by atoms with van der Waals surface area (Å²) in [5.41, 5.74) is 0.362. The van der Waals surface area contributed by atoms with Crippen LogP contribution in [0, 0.1) is 17.7 Å². The fourth-order valence-corrected chi connectivity index (χ4v) is 3.01. The van der Waals surface area contributed by atoms with E-state index in [2.05, 4.69) is 0 Å². The van der Waals surface area contributed by atoms with Crippen LogP contribution < -0.4 is 0 Å². The van der Waals surface area contributed by atoms with Gasteiger partial charge in [-0.2, -0.15) is 0 Å². The van der Waals surface area contributed by atoms with Gasteiger partial charge in [-0.1, -0.05) is 37.5 Å². The molecule has 1 aromatic carbocycles. The van der Waals surface area contributed by atoms with Crippen LogP contribution in [0.3, 0.4) is 0 Å². The summed E-state index contributed by atoms with van der Waals surface area (Å²) < 4.78 is 13.6. The number of carboxylic acid groups (broad SMARTS) is 1. The summed E-state index contributed by atoms with van der Waals surface area (Å²) in [6.07, 6.45) is 5.05. The van der Waals surface area contributed by atoms with E-state index in [1.54, 1.807) is 18.2 Å². The highest BCUT2D eigenvalue weighted by atomic mass is 19.1. The average molecular weight is 292 g/mol. The predicted molar refractivity (Wildman–Crippen MR) is 77.4 cm³/mol. The van der Waals surface area contributed by atoms with Gasteiger partial charge in [0.05, 0.1) is 5.92 Å². The molecule has 0 spiro atoms. The molecule has 0 heterocycles. The van der Waals surface area contributed by atoms with Crippen LogP contribution in [-0.2, 0) is 16.0 Å². The summed E-state index contributed by atoms with van der Waals surface area (Å²) in [6.45, 7) is 0. The first-order valence-corrected chi connectivity index (χ1v) is 7.57. The summed E-state index contributed by atoms with van der Waals surface area (Å²) in [5, 5.41) is 9.30. The van der Waals surface area contributed by atoms with E-state index in [1.807, 2.05) is 0 Å². The molecule has 3 nitrogen and oxygen atoms in total. The van der Waals surface area contributed by atoms with Crippen molar-refractivity contribution in [3.8, 4) is 0 Å². The van der Waals surface area contributed by atoms with Gasteiger partial charge in [-0.15, -0.1) is 0 Å². The summed E-state index contributed by atoms with van der Waals surface area (Å²) in [6, 6.07) is 6.15. The smallest absolute Gasteiger partial charge is 0.307 e. The van der Waals surface area contributed by atoms with Gasteiger partial charge in [0.1, 0.15) is 11.6 Å². The Morgan fingerprint density at radius 3 is 2.48 bits per heavy atom. The van der Waals surface area contributed by atoms with Gasteiger partial charge in [0.25, 0.3) is 0 Å². The maximum atomic E-state index is 13.6. The number of carbonyl (C=O) groups is 2. The standard InChI is InChI=1S/C17H21FO3/c18-15-9-5-4-8-13(15)10-14(17(20)21)11-16(19)12-6-2-1-3-7-12/h4-5,8-9,12,14H,1-3,6-7,10-11H2,(H,20,21). The maximum Gasteiger partial charge on any atom is 0.307 e. The van der Waals surface area contributed by atoms with E-state index >= 15 is 0 Å². The Morgan fingerprint density at radius 1 is 1.19 bits per heavy atom. The van der Waals surface area contributed by atoms with Gasteiger partial charge in [-0.05, 0) is 30.9 Å². The molecule has 0 aliphatic heterocycles. The second kappa shape index (κ2) is 7.34. The Hall–Kier alpha value is -1.71. The molecule has 1 saturated carbocycles. The van der Waals surface area contributed by atoms with Crippen LogP contribution in [0.4, 0.5) is 4.39 Å². The molecule has 2 rings (SSSR count). The van der Waals surface area contributed by atoms with Gasteiger partial charge in [0.15, 0.2) is 0 Å². The molecule has 21 heavy (non-hydrogen) atoms. The lowest BCUT2D eigenvalue weighted by Gasteiger charge is -2.22. The minimum atomic E-state index is -1.03. The molecule has 0 bridgehead atoms. The van der Waals surface area contributed by atoms with Gasteiger partial charge < -0.3 is 5.11 Å². The van der Waals surface area contributed by atoms with Crippen LogP contribution in [-0.4, -0.2) is 16.9 Å². The largest absolute Gasteiger partial charge is 0.481 e. The zero-order valence-electron chi connectivity index (χ0n) is 12.1. The quantitative estimate of drug-likeness (QED) is 0.871. The van der Waals surface area contributed by atoms with Crippen molar-refractivity contribution >= 4 is 11.8 Å². The first kappa shape index (κ1) is 15.7. The second-order valence-electron chi connectivity index (χ2n) is 5.84. The highest BCUT2D eigenvalue weighted by molar-refractivity contribution is 5.85. The topological polar surface area (TPSA) is 54.4 Å². The lowest BCUT2D eigenvalue weighted by molar-refractivity contribution is -0.144. The van der Waals surface area contributed by atoms with E-state index in [1.165, 1.54) is 6.07 Å². The van der Waals surface area contributed by atoms with Crippen molar-refractivity contribution in [2.75, 3.05) is 0 Å². The zero-order valence-corrected chi connectivity index (χ0v) is 12.1. The summed E-state index contributed by atoms with van der Waals surface area (Å²) in [5.74, 6) is -2.24. The maximum absolute atomic E-state index is 13.6. The number of aliphatic carboxylic acids is 1. The summed E-state index contributed by atoms with van der Waals surface area (Å²) in [4.78, 5) is 23.6. The number of benzene rings is 1. The number of carboxylic acids is 1. The molecule has 114 valence electrons. The van der Waals surface area contributed by atoms with Gasteiger partial charge >= 0.3 is 5.97 Å². The minimum absolute atomic E-state index is 0.00113. The number of Topliss-reactive ketones (excluding diaryl/α,β-unsaturated/α-hetero) is 1. The van der Waals surface area contributed by atoms with Gasteiger partial charge in [-0.25, -0.2) is 4.39 Å². The Kier molecular flexibility index (Phi) is 5.48. The first-order valence-electron chi connectivity index (χ1n) is 7.57. The van der Waals surface area contributed by atoms with Crippen LogP contribution in [0.2, 0.25) is 0 Å². The van der Waals surface area contributed by atoms with Crippen molar-refractivity contribution in [2.45, 2.75) is 44.9 Å². The van der Waals surface area contributed by atoms with Crippen molar-refractivity contribution < 1.29 is 19.1 Å². The van der Waals surface area contributed by atoms with E-state index < -0.39 is 17.7 Å². The molecule has 0 amide bonds. The molecular weight excluding hydrogens is 271 g/mol. The molecular formula is C17H21FO3. The number of rotatable bonds is 6. The lowest BCUT2D eigenvalue weighted by Crippen LogP contribution is -2.26. The normalized spacial score (nSPS) is 17.4. The number of carbonyl (C=O) groups excluding carboxylic acids is 1. The fraction of sp³-hybridized carbons (Fsp3) is 0.529. The SMILES string of the molecule is O=C(O)C(CC(=O)C1CCCCC1)Cc1ccccc1F. The van der Waals surface area contributed by atoms with E-state index in [0.717, 1.165) is 32.1 Å². The highest BCUT2D eigenvalue weighted by Crippen LogP contribution is 2.27. The van der Waals surface area contributed by atoms with Crippen molar-refractivity contribution in [1.29, 1.82) is 0 Å². The highest BCUT2D eigenvalue weighted by Gasteiger charge is 2.28. The number of hydrogen-bond acceptors (Lipinski definition) is 2. The minimum Gasteiger partial charge on any atom is -0.481 e. The van der Waals surface area contributed by atoms with Crippen LogP contribution in [0.25, 0.3) is 0 Å². The Balaban J connectivity index is 2.00. The number of ketones is 1. The fourth-order valence-electron chi connectivity index (χ4n) is 3.01. The summed E-state index contributed by atoms with van der Waals surface area (Å²) >= 11 is 0. The van der Waals surface area contributed by atoms with Gasteiger partial charge in [0.2, 0.25) is 0 Å². The molecule has 1 unspecified atom stereocenters. The van der Waals surface area contributed by atoms with Crippen LogP contribution in [0.5, 0.6) is 0 Å². The summed E-state index contributed by atoms with van der Waals surface area (Å²) in [7, 11) is 0. The molecule has 1 aliphatic rings. The van der Waals surface area contributed by atoms with Crippen LogP contribution >= 0.6 is 0 Å². The molecule has 1 aliphatic carbocycles. The third-order valence-corrected chi connectivity index (χ3v) is 4.28. The third kappa shape index (κ3) is 4.38. The Bertz CT molecular complexity index is 507. The van der Waals surface area contributed by atoms with Crippen molar-refractivity contribution in [3.63, 3.8) is 0 Å². The van der Waals surface area contributed by atoms with Crippen molar-refractivity contribution in [2.24, 2.45) is 11.8 Å². The molecule has 1 atom stereocenters. The molecule has 0 radical (unpaired) electrons. The molecule has 0 saturated heterocycles. The van der Waals surface area contributed by atoms with E-state index in [9.17, 15) is 19.1 Å². The Morgan fingerprint density at radius 2 is 1.86 bits per heavy atom. The van der Waals surface area contributed by atoms with E-state index in [-0.39, 0.29) is 24.5 Å². The zero-order chi connectivity index (χ0) is 15.2. The molecule has 1 aromatic rings. The molecule has 1 fully saturated rings. The Labute approximate surface area is 124 Å². The number of hydrogen-bond donors (Lipinski definition) is 1. The van der Waals surface area contributed by atoms with Crippen LogP contribution in [0.1, 0.15) is 44.1 Å². The molecule has 0 aromatic heterocycles. The van der Waals surface area contributed by atoms with Crippen molar-refractivity contribution in [3.05, 3.63) is 35.6 Å². The third-order valence-electron chi connectivity index (χ3n) is 4.28. The van der Waals surface area contributed by atoms with E-state index in [4.69, 9.17) is 0 Å². The van der Waals surface area contributed by atoms with Crippen molar-refractivity contribution in [1.82, 2.24) is 0 Å². The average Bonchev–Trinajstić information content (AvgIpc) is 2.49. The molecule has 1 N–H and O–H groups in total. The second-order valence-corrected chi connectivity index (χ2v) is 5.84.